The normalized spacial score (nSPS) is 16.4. The molecule has 1 aromatic rings. The van der Waals surface area contributed by atoms with Gasteiger partial charge in [0.25, 0.3) is 0 Å². The molecular formula is C20H39IN6. The van der Waals surface area contributed by atoms with E-state index in [1.54, 1.807) is 0 Å². The van der Waals surface area contributed by atoms with Gasteiger partial charge >= 0.3 is 0 Å². The molecule has 0 unspecified atom stereocenters. The number of rotatable bonds is 9. The van der Waals surface area contributed by atoms with Crippen LogP contribution in [0, 0.1) is 11.8 Å². The molecule has 1 aliphatic heterocycles. The largest absolute Gasteiger partial charge is 0.357 e. The van der Waals surface area contributed by atoms with E-state index < -0.39 is 0 Å². The quantitative estimate of drug-likeness (QED) is 0.241. The summed E-state index contributed by atoms with van der Waals surface area (Å²) in [6, 6.07) is 0. The van der Waals surface area contributed by atoms with Crippen LogP contribution in [0.1, 0.15) is 52.8 Å². The lowest BCUT2D eigenvalue weighted by molar-refractivity contribution is 0.191. The number of piperidine rings is 1. The maximum absolute atomic E-state index is 4.72. The standard InChI is InChI=1S/C20H38N6.HI/c1-5-21-20(23-9-6-11-25-12-7-18(4)8-13-25)24-15-19-22-10-14-26(19)16-17(2)3;/h10,14,17-18H,5-9,11-13,15-16H2,1-4H3,(H2,21,23,24);1H. The van der Waals surface area contributed by atoms with Gasteiger partial charge in [0.1, 0.15) is 12.4 Å². The second-order valence-corrected chi connectivity index (χ2v) is 7.89. The number of aromatic nitrogens is 2. The van der Waals surface area contributed by atoms with E-state index in [1.807, 2.05) is 12.4 Å². The Balaban J connectivity index is 0.00000364. The van der Waals surface area contributed by atoms with E-state index in [0.29, 0.717) is 12.5 Å². The minimum absolute atomic E-state index is 0. The minimum atomic E-state index is 0. The van der Waals surface area contributed by atoms with Crippen LogP contribution in [0.25, 0.3) is 0 Å². The molecule has 0 spiro atoms. The van der Waals surface area contributed by atoms with Crippen LogP contribution in [0.4, 0.5) is 0 Å². The van der Waals surface area contributed by atoms with Crippen molar-refractivity contribution in [2.45, 2.75) is 60.0 Å². The van der Waals surface area contributed by atoms with E-state index >= 15 is 0 Å². The zero-order valence-electron chi connectivity index (χ0n) is 17.6. The van der Waals surface area contributed by atoms with Crippen molar-refractivity contribution >= 4 is 29.9 Å². The molecule has 7 heteroatoms. The zero-order valence-corrected chi connectivity index (χ0v) is 19.9. The molecule has 1 saturated heterocycles. The number of guanidine groups is 1. The zero-order chi connectivity index (χ0) is 18.8. The van der Waals surface area contributed by atoms with Crippen molar-refractivity contribution in [1.29, 1.82) is 0 Å². The Kier molecular flexibility index (Phi) is 12.0. The van der Waals surface area contributed by atoms with Crippen LogP contribution >= 0.6 is 24.0 Å². The van der Waals surface area contributed by atoms with Gasteiger partial charge in [-0.05, 0) is 57.7 Å². The van der Waals surface area contributed by atoms with Crippen molar-refractivity contribution in [2.24, 2.45) is 16.8 Å². The lowest BCUT2D eigenvalue weighted by atomic mass is 9.99. The van der Waals surface area contributed by atoms with E-state index in [4.69, 9.17) is 4.99 Å². The molecule has 0 aromatic carbocycles. The molecule has 2 rings (SSSR count). The number of likely N-dealkylation sites (tertiary alicyclic amines) is 1. The van der Waals surface area contributed by atoms with Gasteiger partial charge in [0.15, 0.2) is 5.96 Å². The summed E-state index contributed by atoms with van der Waals surface area (Å²) < 4.78 is 2.20. The smallest absolute Gasteiger partial charge is 0.191 e. The third-order valence-electron chi connectivity index (χ3n) is 4.91. The molecule has 6 nitrogen and oxygen atoms in total. The Hall–Kier alpha value is -0.830. The van der Waals surface area contributed by atoms with E-state index in [0.717, 1.165) is 43.8 Å². The van der Waals surface area contributed by atoms with Gasteiger partial charge < -0.3 is 20.1 Å². The first-order valence-electron chi connectivity index (χ1n) is 10.3. The van der Waals surface area contributed by atoms with E-state index in [-0.39, 0.29) is 24.0 Å². The number of aliphatic imine (C=N–C) groups is 1. The molecule has 0 radical (unpaired) electrons. The molecule has 0 saturated carbocycles. The molecule has 0 atom stereocenters. The highest BCUT2D eigenvalue weighted by atomic mass is 127. The number of nitrogens with zero attached hydrogens (tertiary/aromatic N) is 4. The summed E-state index contributed by atoms with van der Waals surface area (Å²) in [5.74, 6) is 3.42. The monoisotopic (exact) mass is 490 g/mol. The van der Waals surface area contributed by atoms with Crippen molar-refractivity contribution in [1.82, 2.24) is 25.1 Å². The third-order valence-corrected chi connectivity index (χ3v) is 4.91. The van der Waals surface area contributed by atoms with Crippen molar-refractivity contribution in [3.05, 3.63) is 18.2 Å². The van der Waals surface area contributed by atoms with Gasteiger partial charge in [-0.2, -0.15) is 0 Å². The maximum atomic E-state index is 4.72. The van der Waals surface area contributed by atoms with Gasteiger partial charge in [-0.25, -0.2) is 9.98 Å². The minimum Gasteiger partial charge on any atom is -0.357 e. The van der Waals surface area contributed by atoms with Crippen LogP contribution in [-0.2, 0) is 13.1 Å². The number of hydrogen-bond acceptors (Lipinski definition) is 3. The lowest BCUT2D eigenvalue weighted by Crippen LogP contribution is -2.39. The summed E-state index contributed by atoms with van der Waals surface area (Å²) in [7, 11) is 0. The molecule has 0 bridgehead atoms. The molecule has 2 N–H and O–H groups in total. The molecule has 1 fully saturated rings. The molecule has 2 heterocycles. The summed E-state index contributed by atoms with van der Waals surface area (Å²) in [4.78, 5) is 11.8. The molecule has 0 amide bonds. The Labute approximate surface area is 182 Å². The summed E-state index contributed by atoms with van der Waals surface area (Å²) in [5, 5.41) is 6.80. The van der Waals surface area contributed by atoms with Gasteiger partial charge in [-0.3, -0.25) is 0 Å². The van der Waals surface area contributed by atoms with E-state index in [2.05, 4.69) is 52.8 Å². The van der Waals surface area contributed by atoms with E-state index in [1.165, 1.54) is 32.5 Å². The first kappa shape index (κ1) is 24.2. The first-order valence-corrected chi connectivity index (χ1v) is 10.3. The van der Waals surface area contributed by atoms with Gasteiger partial charge in [-0.15, -0.1) is 24.0 Å². The third kappa shape index (κ3) is 9.27. The highest BCUT2D eigenvalue weighted by Gasteiger charge is 2.14. The van der Waals surface area contributed by atoms with Crippen molar-refractivity contribution < 1.29 is 0 Å². The fourth-order valence-corrected chi connectivity index (χ4v) is 3.34. The van der Waals surface area contributed by atoms with Crippen LogP contribution in [0.2, 0.25) is 0 Å². The second kappa shape index (κ2) is 13.4. The Bertz CT molecular complexity index is 534. The van der Waals surface area contributed by atoms with Crippen molar-refractivity contribution in [2.75, 3.05) is 32.7 Å². The lowest BCUT2D eigenvalue weighted by Gasteiger charge is -2.30. The van der Waals surface area contributed by atoms with Crippen LogP contribution in [0.15, 0.2) is 17.4 Å². The van der Waals surface area contributed by atoms with Crippen molar-refractivity contribution in [3.63, 3.8) is 0 Å². The average molecular weight is 490 g/mol. The fourth-order valence-electron chi connectivity index (χ4n) is 3.34. The average Bonchev–Trinajstić information content (AvgIpc) is 3.04. The number of hydrogen-bond donors (Lipinski definition) is 2. The van der Waals surface area contributed by atoms with Crippen molar-refractivity contribution in [3.8, 4) is 0 Å². The summed E-state index contributed by atoms with van der Waals surface area (Å²) >= 11 is 0. The van der Waals surface area contributed by atoms with Crippen LogP contribution < -0.4 is 10.6 Å². The van der Waals surface area contributed by atoms with E-state index in [9.17, 15) is 0 Å². The summed E-state index contributed by atoms with van der Waals surface area (Å²) in [6.07, 6.45) is 7.76. The Morgan fingerprint density at radius 2 is 2.04 bits per heavy atom. The molecule has 1 aliphatic rings. The van der Waals surface area contributed by atoms with Gasteiger partial charge in [0.2, 0.25) is 0 Å². The van der Waals surface area contributed by atoms with Crippen LogP contribution in [-0.4, -0.2) is 53.1 Å². The highest BCUT2D eigenvalue weighted by molar-refractivity contribution is 14.0. The number of imidazole rings is 1. The summed E-state index contributed by atoms with van der Waals surface area (Å²) in [5.41, 5.74) is 0. The molecule has 1 aromatic heterocycles. The van der Waals surface area contributed by atoms with Crippen LogP contribution in [0.5, 0.6) is 0 Å². The Morgan fingerprint density at radius 1 is 1.30 bits per heavy atom. The second-order valence-electron chi connectivity index (χ2n) is 7.89. The molecule has 0 aliphatic carbocycles. The first-order chi connectivity index (χ1) is 12.6. The number of nitrogens with one attached hydrogen (secondary N) is 2. The topological polar surface area (TPSA) is 57.5 Å². The predicted molar refractivity (Wildman–Crippen MR) is 125 cm³/mol. The van der Waals surface area contributed by atoms with Gasteiger partial charge in [0.05, 0.1) is 0 Å². The highest BCUT2D eigenvalue weighted by Crippen LogP contribution is 2.15. The molecule has 156 valence electrons. The van der Waals surface area contributed by atoms with Gasteiger partial charge in [-0.1, -0.05) is 20.8 Å². The Morgan fingerprint density at radius 3 is 2.70 bits per heavy atom. The number of halogens is 1. The SMILES string of the molecule is CCNC(=NCc1nccn1CC(C)C)NCCCN1CCC(C)CC1.I. The van der Waals surface area contributed by atoms with Crippen LogP contribution in [0.3, 0.4) is 0 Å². The summed E-state index contributed by atoms with van der Waals surface area (Å²) in [6.45, 7) is 16.0. The predicted octanol–water partition coefficient (Wildman–Crippen LogP) is 3.33. The van der Waals surface area contributed by atoms with Gasteiger partial charge in [0, 0.05) is 32.0 Å². The molecular weight excluding hydrogens is 451 g/mol. The fraction of sp³-hybridized carbons (Fsp3) is 0.800. The maximum Gasteiger partial charge on any atom is 0.191 e. The molecule has 27 heavy (non-hydrogen) atoms.